The maximum atomic E-state index is 12.0. The molecule has 0 fully saturated rings. The molecule has 0 aliphatic heterocycles. The summed E-state index contributed by atoms with van der Waals surface area (Å²) in [4.78, 5) is 12.0. The van der Waals surface area contributed by atoms with Gasteiger partial charge in [0.05, 0.1) is 5.71 Å². The van der Waals surface area contributed by atoms with E-state index in [-0.39, 0.29) is 5.91 Å². The predicted octanol–water partition coefficient (Wildman–Crippen LogP) is 3.99. The predicted molar refractivity (Wildman–Crippen MR) is 90.1 cm³/mol. The van der Waals surface area contributed by atoms with E-state index >= 15 is 0 Å². The first kappa shape index (κ1) is 14.0. The van der Waals surface area contributed by atoms with Crippen molar-refractivity contribution in [1.82, 2.24) is 5.43 Å². The molecule has 0 saturated heterocycles. The second kappa shape index (κ2) is 6.22. The summed E-state index contributed by atoms with van der Waals surface area (Å²) in [6.07, 6.45) is 0. The lowest BCUT2D eigenvalue weighted by atomic mass is 10.0. The molecule has 0 bridgehead atoms. The molecule has 0 heterocycles. The minimum Gasteiger partial charge on any atom is -0.267 e. The van der Waals surface area contributed by atoms with Gasteiger partial charge in [-0.2, -0.15) is 5.10 Å². The molecule has 3 rings (SSSR count). The minimum atomic E-state index is -0.208. The molecule has 0 unspecified atom stereocenters. The van der Waals surface area contributed by atoms with E-state index in [9.17, 15) is 4.79 Å². The maximum Gasteiger partial charge on any atom is 0.271 e. The van der Waals surface area contributed by atoms with Gasteiger partial charge in [0.15, 0.2) is 0 Å². The largest absolute Gasteiger partial charge is 0.271 e. The van der Waals surface area contributed by atoms with Gasteiger partial charge in [0.25, 0.3) is 5.91 Å². The number of carbonyl (C=O) groups is 1. The van der Waals surface area contributed by atoms with E-state index in [1.807, 2.05) is 43.3 Å². The Kier molecular flexibility index (Phi) is 3.97. The molecular formula is C19H16N2O. The molecule has 22 heavy (non-hydrogen) atoms. The number of fused-ring (bicyclic) bond motifs is 1. The monoisotopic (exact) mass is 288 g/mol. The highest BCUT2D eigenvalue weighted by Gasteiger charge is 2.04. The fraction of sp³-hybridized carbons (Fsp3) is 0.0526. The van der Waals surface area contributed by atoms with Crippen LogP contribution in [0, 0.1) is 0 Å². The fourth-order valence-corrected chi connectivity index (χ4v) is 2.27. The van der Waals surface area contributed by atoms with Crippen molar-refractivity contribution in [2.45, 2.75) is 6.92 Å². The van der Waals surface area contributed by atoms with Crippen molar-refractivity contribution in [2.75, 3.05) is 0 Å². The third-order valence-corrected chi connectivity index (χ3v) is 3.53. The average molecular weight is 288 g/mol. The first-order chi connectivity index (χ1) is 10.7. The summed E-state index contributed by atoms with van der Waals surface area (Å²) >= 11 is 0. The molecule has 0 radical (unpaired) electrons. The zero-order valence-corrected chi connectivity index (χ0v) is 12.3. The van der Waals surface area contributed by atoms with Crippen LogP contribution in [0.4, 0.5) is 0 Å². The topological polar surface area (TPSA) is 41.5 Å². The van der Waals surface area contributed by atoms with Crippen LogP contribution in [0.5, 0.6) is 0 Å². The highest BCUT2D eigenvalue weighted by Crippen LogP contribution is 2.16. The van der Waals surface area contributed by atoms with Gasteiger partial charge in [0, 0.05) is 5.56 Å². The van der Waals surface area contributed by atoms with Crippen LogP contribution in [-0.2, 0) is 0 Å². The van der Waals surface area contributed by atoms with E-state index in [4.69, 9.17) is 0 Å². The smallest absolute Gasteiger partial charge is 0.267 e. The molecule has 0 atom stereocenters. The van der Waals surface area contributed by atoms with Crippen LogP contribution in [0.25, 0.3) is 10.8 Å². The molecule has 0 aliphatic carbocycles. The summed E-state index contributed by atoms with van der Waals surface area (Å²) < 4.78 is 0. The van der Waals surface area contributed by atoms with Crippen molar-refractivity contribution < 1.29 is 4.79 Å². The van der Waals surface area contributed by atoms with Crippen LogP contribution >= 0.6 is 0 Å². The third kappa shape index (κ3) is 3.04. The fourth-order valence-electron chi connectivity index (χ4n) is 2.27. The number of amides is 1. The Hall–Kier alpha value is -2.94. The zero-order valence-electron chi connectivity index (χ0n) is 12.3. The third-order valence-electron chi connectivity index (χ3n) is 3.53. The van der Waals surface area contributed by atoms with Gasteiger partial charge in [0.1, 0.15) is 0 Å². The van der Waals surface area contributed by atoms with Crippen LogP contribution in [-0.4, -0.2) is 11.6 Å². The molecule has 0 aliphatic rings. The van der Waals surface area contributed by atoms with Crippen LogP contribution < -0.4 is 5.43 Å². The van der Waals surface area contributed by atoms with E-state index in [2.05, 4.69) is 34.8 Å². The SMILES string of the molecule is CC(=NNC(=O)c1ccccc1)c1ccc2ccccc2c1. The number of hydrogen-bond acceptors (Lipinski definition) is 2. The van der Waals surface area contributed by atoms with Gasteiger partial charge in [-0.15, -0.1) is 0 Å². The Balaban J connectivity index is 1.80. The number of hydrazone groups is 1. The highest BCUT2D eigenvalue weighted by atomic mass is 16.2. The number of carbonyl (C=O) groups excluding carboxylic acids is 1. The lowest BCUT2D eigenvalue weighted by Gasteiger charge is -2.05. The normalized spacial score (nSPS) is 11.4. The molecule has 0 spiro atoms. The summed E-state index contributed by atoms with van der Waals surface area (Å²) in [6, 6.07) is 23.4. The standard InChI is InChI=1S/C19H16N2O/c1-14(20-21-19(22)16-8-3-2-4-9-16)17-12-11-15-7-5-6-10-18(15)13-17/h2-13H,1H3,(H,21,22). The Morgan fingerprint density at radius 3 is 2.27 bits per heavy atom. The summed E-state index contributed by atoms with van der Waals surface area (Å²) in [5.41, 5.74) is 4.96. The number of hydrogen-bond donors (Lipinski definition) is 1. The Bertz CT molecular complexity index is 838. The Labute approximate surface area is 129 Å². The van der Waals surface area contributed by atoms with E-state index < -0.39 is 0 Å². The van der Waals surface area contributed by atoms with Gasteiger partial charge in [0.2, 0.25) is 0 Å². The van der Waals surface area contributed by atoms with Gasteiger partial charge in [-0.25, -0.2) is 5.43 Å². The quantitative estimate of drug-likeness (QED) is 0.574. The van der Waals surface area contributed by atoms with Crippen molar-refractivity contribution >= 4 is 22.4 Å². The molecule has 3 aromatic rings. The molecular weight excluding hydrogens is 272 g/mol. The zero-order chi connectivity index (χ0) is 15.4. The lowest BCUT2D eigenvalue weighted by Crippen LogP contribution is -2.19. The van der Waals surface area contributed by atoms with Gasteiger partial charge >= 0.3 is 0 Å². The van der Waals surface area contributed by atoms with Crippen LogP contribution in [0.3, 0.4) is 0 Å². The minimum absolute atomic E-state index is 0.208. The van der Waals surface area contributed by atoms with Gasteiger partial charge < -0.3 is 0 Å². The molecule has 0 aromatic heterocycles. The Morgan fingerprint density at radius 2 is 1.50 bits per heavy atom. The molecule has 1 amide bonds. The Morgan fingerprint density at radius 1 is 0.818 bits per heavy atom. The van der Waals surface area contributed by atoms with Crippen molar-refractivity contribution in [2.24, 2.45) is 5.10 Å². The van der Waals surface area contributed by atoms with Gasteiger partial charge in [-0.3, -0.25) is 4.79 Å². The maximum absolute atomic E-state index is 12.0. The summed E-state index contributed by atoms with van der Waals surface area (Å²) in [6.45, 7) is 1.88. The summed E-state index contributed by atoms with van der Waals surface area (Å²) in [5.74, 6) is -0.208. The molecule has 1 N–H and O–H groups in total. The van der Waals surface area contributed by atoms with Crippen LogP contribution in [0.1, 0.15) is 22.8 Å². The summed E-state index contributed by atoms with van der Waals surface area (Å²) in [5, 5.41) is 6.54. The lowest BCUT2D eigenvalue weighted by molar-refractivity contribution is 0.0955. The average Bonchev–Trinajstić information content (AvgIpc) is 2.59. The van der Waals surface area contributed by atoms with Crippen LogP contribution in [0.2, 0.25) is 0 Å². The number of benzene rings is 3. The van der Waals surface area contributed by atoms with E-state index in [0.717, 1.165) is 16.7 Å². The second-order valence-electron chi connectivity index (χ2n) is 5.07. The van der Waals surface area contributed by atoms with E-state index in [1.54, 1.807) is 12.1 Å². The number of nitrogens with zero attached hydrogens (tertiary/aromatic N) is 1. The molecule has 108 valence electrons. The molecule has 3 heteroatoms. The summed E-state index contributed by atoms with van der Waals surface area (Å²) in [7, 11) is 0. The van der Waals surface area contributed by atoms with E-state index in [1.165, 1.54) is 5.39 Å². The first-order valence-electron chi connectivity index (χ1n) is 7.13. The van der Waals surface area contributed by atoms with Crippen molar-refractivity contribution in [3.63, 3.8) is 0 Å². The number of rotatable bonds is 3. The molecule has 3 aromatic carbocycles. The van der Waals surface area contributed by atoms with Crippen LogP contribution in [0.15, 0.2) is 77.9 Å². The van der Waals surface area contributed by atoms with Crippen molar-refractivity contribution in [3.05, 3.63) is 83.9 Å². The first-order valence-corrected chi connectivity index (χ1v) is 7.13. The van der Waals surface area contributed by atoms with Crippen molar-refractivity contribution in [3.8, 4) is 0 Å². The van der Waals surface area contributed by atoms with E-state index in [0.29, 0.717) is 5.56 Å². The van der Waals surface area contributed by atoms with Gasteiger partial charge in [-0.05, 0) is 41.5 Å². The van der Waals surface area contributed by atoms with Crippen molar-refractivity contribution in [1.29, 1.82) is 0 Å². The molecule has 3 nitrogen and oxygen atoms in total. The number of nitrogens with one attached hydrogen (secondary N) is 1. The highest BCUT2D eigenvalue weighted by molar-refractivity contribution is 6.03. The molecule has 0 saturated carbocycles. The second-order valence-corrected chi connectivity index (χ2v) is 5.07. The van der Waals surface area contributed by atoms with Gasteiger partial charge in [-0.1, -0.05) is 54.6 Å².